The number of ether oxygens (including phenoxy) is 1. The Labute approximate surface area is 113 Å². The maximum atomic E-state index is 12.1. The third-order valence-corrected chi connectivity index (χ3v) is 3.15. The number of benzene rings is 1. The zero-order chi connectivity index (χ0) is 14.9. The van der Waals surface area contributed by atoms with Crippen molar-refractivity contribution in [3.8, 4) is 5.75 Å². The van der Waals surface area contributed by atoms with Gasteiger partial charge in [-0.15, -0.1) is 0 Å². The Bertz CT molecular complexity index is 594. The molecule has 2 rings (SSSR count). The van der Waals surface area contributed by atoms with Gasteiger partial charge in [0.1, 0.15) is 5.54 Å². The molecule has 1 saturated carbocycles. The number of hydrogen-bond donors (Lipinski definition) is 2. The first-order valence-electron chi connectivity index (χ1n) is 5.78. The molecule has 0 unspecified atom stereocenters. The van der Waals surface area contributed by atoms with Gasteiger partial charge in [0, 0.05) is 6.07 Å². The van der Waals surface area contributed by atoms with E-state index in [1.165, 1.54) is 25.3 Å². The Kier molecular flexibility index (Phi) is 3.31. The summed E-state index contributed by atoms with van der Waals surface area (Å²) in [5.41, 5.74) is -1.67. The quantitative estimate of drug-likeness (QED) is 0.612. The molecule has 1 aliphatic rings. The standard InChI is InChI=1S/C12H12N2O6/c1-20-9-7(3-2-4-8(9)14(18)19)10(15)13-12(5-6-12)11(16)17/h2-4H,5-6H2,1H3,(H,13,15)(H,16,17). The number of hydrogen-bond acceptors (Lipinski definition) is 5. The number of aliphatic carboxylic acids is 1. The lowest BCUT2D eigenvalue weighted by Gasteiger charge is -2.14. The van der Waals surface area contributed by atoms with Crippen LogP contribution in [0.4, 0.5) is 5.69 Å². The van der Waals surface area contributed by atoms with Gasteiger partial charge >= 0.3 is 11.7 Å². The van der Waals surface area contributed by atoms with Crippen molar-refractivity contribution in [3.05, 3.63) is 33.9 Å². The molecule has 2 N–H and O–H groups in total. The number of amides is 1. The number of nitro groups is 1. The summed E-state index contributed by atoms with van der Waals surface area (Å²) in [4.78, 5) is 33.3. The molecule has 1 aromatic rings. The first kappa shape index (κ1) is 13.8. The molecular weight excluding hydrogens is 268 g/mol. The Morgan fingerprint density at radius 3 is 2.55 bits per heavy atom. The molecule has 0 saturated heterocycles. The SMILES string of the molecule is COc1c(C(=O)NC2(C(=O)O)CC2)cccc1[N+](=O)[O-]. The highest BCUT2D eigenvalue weighted by atomic mass is 16.6. The molecule has 0 aliphatic heterocycles. The van der Waals surface area contributed by atoms with Crippen LogP contribution >= 0.6 is 0 Å². The van der Waals surface area contributed by atoms with Gasteiger partial charge in [0.2, 0.25) is 5.75 Å². The monoisotopic (exact) mass is 280 g/mol. The van der Waals surface area contributed by atoms with E-state index in [1.807, 2.05) is 0 Å². The van der Waals surface area contributed by atoms with Crippen molar-refractivity contribution in [3.63, 3.8) is 0 Å². The summed E-state index contributed by atoms with van der Waals surface area (Å²) in [6.07, 6.45) is 0.677. The highest BCUT2D eigenvalue weighted by Crippen LogP contribution is 2.37. The molecule has 8 nitrogen and oxygen atoms in total. The minimum Gasteiger partial charge on any atom is -0.490 e. The molecule has 20 heavy (non-hydrogen) atoms. The number of nitrogens with zero attached hydrogens (tertiary/aromatic N) is 1. The topological polar surface area (TPSA) is 119 Å². The molecule has 0 spiro atoms. The lowest BCUT2D eigenvalue weighted by atomic mass is 10.1. The largest absolute Gasteiger partial charge is 0.490 e. The molecular formula is C12H12N2O6. The van der Waals surface area contributed by atoms with Crippen LogP contribution in [0.2, 0.25) is 0 Å². The van der Waals surface area contributed by atoms with E-state index in [1.54, 1.807) is 0 Å². The van der Waals surface area contributed by atoms with Gasteiger partial charge in [-0.3, -0.25) is 14.9 Å². The van der Waals surface area contributed by atoms with Gasteiger partial charge in [0.15, 0.2) is 0 Å². The van der Waals surface area contributed by atoms with Gasteiger partial charge in [-0.25, -0.2) is 4.79 Å². The number of carboxylic acids is 1. The predicted octanol–water partition coefficient (Wildman–Crippen LogP) is 0.950. The molecule has 1 aromatic carbocycles. The zero-order valence-electron chi connectivity index (χ0n) is 10.6. The van der Waals surface area contributed by atoms with E-state index < -0.39 is 22.3 Å². The van der Waals surface area contributed by atoms with E-state index in [-0.39, 0.29) is 17.0 Å². The summed E-state index contributed by atoms with van der Waals surface area (Å²) >= 11 is 0. The molecule has 0 aromatic heterocycles. The van der Waals surface area contributed by atoms with Crippen LogP contribution in [0.5, 0.6) is 5.75 Å². The van der Waals surface area contributed by atoms with Gasteiger partial charge in [-0.1, -0.05) is 6.07 Å². The number of methoxy groups -OCH3 is 1. The van der Waals surface area contributed by atoms with Gasteiger partial charge in [-0.2, -0.15) is 0 Å². The zero-order valence-corrected chi connectivity index (χ0v) is 10.6. The highest BCUT2D eigenvalue weighted by molar-refractivity contribution is 6.01. The summed E-state index contributed by atoms with van der Waals surface area (Å²) in [5.74, 6) is -2.00. The minimum atomic E-state index is -1.26. The highest BCUT2D eigenvalue weighted by Gasteiger charge is 2.52. The van der Waals surface area contributed by atoms with Gasteiger partial charge in [0.25, 0.3) is 5.91 Å². The molecule has 106 valence electrons. The number of carbonyl (C=O) groups is 2. The van der Waals surface area contributed by atoms with Crippen molar-refractivity contribution in [1.82, 2.24) is 5.32 Å². The van der Waals surface area contributed by atoms with Crippen molar-refractivity contribution in [2.75, 3.05) is 7.11 Å². The molecule has 0 radical (unpaired) electrons. The van der Waals surface area contributed by atoms with Crippen LogP contribution in [0.15, 0.2) is 18.2 Å². The second-order valence-electron chi connectivity index (χ2n) is 4.46. The Hall–Kier alpha value is -2.64. The van der Waals surface area contributed by atoms with Gasteiger partial charge in [0.05, 0.1) is 17.6 Å². The maximum Gasteiger partial charge on any atom is 0.329 e. The first-order chi connectivity index (χ1) is 9.41. The van der Waals surface area contributed by atoms with Crippen molar-refractivity contribution < 1.29 is 24.4 Å². The van der Waals surface area contributed by atoms with E-state index >= 15 is 0 Å². The Morgan fingerprint density at radius 2 is 2.10 bits per heavy atom. The summed E-state index contributed by atoms with van der Waals surface area (Å²) < 4.78 is 4.90. The molecule has 0 heterocycles. The van der Waals surface area contributed by atoms with E-state index in [2.05, 4.69) is 5.32 Å². The molecule has 1 aliphatic carbocycles. The number of rotatable bonds is 5. The Morgan fingerprint density at radius 1 is 1.45 bits per heavy atom. The van der Waals surface area contributed by atoms with Crippen molar-refractivity contribution in [1.29, 1.82) is 0 Å². The van der Waals surface area contributed by atoms with E-state index in [9.17, 15) is 19.7 Å². The van der Waals surface area contributed by atoms with Crippen molar-refractivity contribution >= 4 is 17.6 Å². The predicted molar refractivity (Wildman–Crippen MR) is 66.7 cm³/mol. The molecule has 1 amide bonds. The molecule has 8 heteroatoms. The van der Waals surface area contributed by atoms with Crippen LogP contribution in [0, 0.1) is 10.1 Å². The minimum absolute atomic E-state index is 0.0609. The molecule has 1 fully saturated rings. The number of carbonyl (C=O) groups excluding carboxylic acids is 1. The number of carboxylic acid groups (broad SMARTS) is 1. The molecule has 0 bridgehead atoms. The number of para-hydroxylation sites is 1. The first-order valence-corrected chi connectivity index (χ1v) is 5.78. The summed E-state index contributed by atoms with van der Waals surface area (Å²) in [6, 6.07) is 3.90. The lowest BCUT2D eigenvalue weighted by molar-refractivity contribution is -0.385. The van der Waals surface area contributed by atoms with E-state index in [0.717, 1.165) is 0 Å². The molecule has 0 atom stereocenters. The van der Waals surface area contributed by atoms with Crippen LogP contribution in [0.3, 0.4) is 0 Å². The van der Waals surface area contributed by atoms with Crippen molar-refractivity contribution in [2.45, 2.75) is 18.4 Å². The second kappa shape index (κ2) is 4.80. The number of nitro benzene ring substituents is 1. The van der Waals surface area contributed by atoms with Crippen LogP contribution < -0.4 is 10.1 Å². The Balaban J connectivity index is 2.33. The fourth-order valence-electron chi connectivity index (χ4n) is 1.86. The fourth-order valence-corrected chi connectivity index (χ4v) is 1.86. The van der Waals surface area contributed by atoms with E-state index in [4.69, 9.17) is 9.84 Å². The normalized spacial score (nSPS) is 15.2. The summed E-state index contributed by atoms with van der Waals surface area (Å²) in [6.45, 7) is 0. The third kappa shape index (κ3) is 2.27. The maximum absolute atomic E-state index is 12.1. The second-order valence-corrected chi connectivity index (χ2v) is 4.46. The van der Waals surface area contributed by atoms with Gasteiger partial charge < -0.3 is 15.2 Å². The van der Waals surface area contributed by atoms with Crippen LogP contribution in [0.25, 0.3) is 0 Å². The van der Waals surface area contributed by atoms with E-state index in [0.29, 0.717) is 12.8 Å². The lowest BCUT2D eigenvalue weighted by Crippen LogP contribution is -2.43. The third-order valence-electron chi connectivity index (χ3n) is 3.15. The van der Waals surface area contributed by atoms with Crippen LogP contribution in [-0.4, -0.2) is 34.6 Å². The average Bonchev–Trinajstić information content (AvgIpc) is 3.18. The average molecular weight is 280 g/mol. The van der Waals surface area contributed by atoms with Crippen LogP contribution in [0.1, 0.15) is 23.2 Å². The van der Waals surface area contributed by atoms with Gasteiger partial charge in [-0.05, 0) is 18.9 Å². The fraction of sp³-hybridized carbons (Fsp3) is 0.333. The number of nitrogens with one attached hydrogen (secondary N) is 1. The van der Waals surface area contributed by atoms with Crippen molar-refractivity contribution in [2.24, 2.45) is 0 Å². The van der Waals surface area contributed by atoms with Crippen LogP contribution in [-0.2, 0) is 4.79 Å². The summed E-state index contributed by atoms with van der Waals surface area (Å²) in [7, 11) is 1.21. The smallest absolute Gasteiger partial charge is 0.329 e. The summed E-state index contributed by atoms with van der Waals surface area (Å²) in [5, 5.41) is 22.3.